The predicted molar refractivity (Wildman–Crippen MR) is 79.6 cm³/mol. The van der Waals surface area contributed by atoms with E-state index in [9.17, 15) is 8.42 Å². The van der Waals surface area contributed by atoms with Crippen LogP contribution in [0.15, 0.2) is 29.2 Å². The van der Waals surface area contributed by atoms with Gasteiger partial charge in [-0.2, -0.15) is 4.31 Å². The van der Waals surface area contributed by atoms with Crippen LogP contribution in [0.1, 0.15) is 25.0 Å². The fourth-order valence-electron chi connectivity index (χ4n) is 1.95. The molecule has 0 bridgehead atoms. The summed E-state index contributed by atoms with van der Waals surface area (Å²) in [5.41, 5.74) is 8.54. The quantitative estimate of drug-likeness (QED) is 0.666. The molecule has 0 radical (unpaired) electrons. The lowest BCUT2D eigenvalue weighted by atomic mass is 10.1. The molecule has 0 aliphatic carbocycles. The number of hydrogen-bond acceptors (Lipinski definition) is 3. The van der Waals surface area contributed by atoms with Crippen LogP contribution in [-0.2, 0) is 10.0 Å². The first-order valence-electron chi connectivity index (χ1n) is 6.22. The summed E-state index contributed by atoms with van der Waals surface area (Å²) in [6.45, 7) is 11.7. The van der Waals surface area contributed by atoms with Crippen molar-refractivity contribution in [3.63, 3.8) is 0 Å². The van der Waals surface area contributed by atoms with E-state index in [0.29, 0.717) is 24.3 Å². The molecule has 0 unspecified atom stereocenters. The van der Waals surface area contributed by atoms with Crippen LogP contribution in [0.5, 0.6) is 0 Å². The standard InChI is InChI=1S/C14H22N2O2S/c1-6-16(9-10(2)3)19(17,18)14-12(5)8-7-11(4)13(14)15/h7-8H,2,6,9,15H2,1,3-5H3. The van der Waals surface area contributed by atoms with Gasteiger partial charge in [-0.3, -0.25) is 0 Å². The molecule has 0 amide bonds. The Hall–Kier alpha value is -1.33. The number of anilines is 1. The molecule has 4 nitrogen and oxygen atoms in total. The van der Waals surface area contributed by atoms with Crippen molar-refractivity contribution in [2.75, 3.05) is 18.8 Å². The van der Waals surface area contributed by atoms with E-state index in [-0.39, 0.29) is 4.90 Å². The van der Waals surface area contributed by atoms with Crippen LogP contribution in [-0.4, -0.2) is 25.8 Å². The average molecular weight is 282 g/mol. The van der Waals surface area contributed by atoms with E-state index in [0.717, 1.165) is 11.1 Å². The van der Waals surface area contributed by atoms with Gasteiger partial charge >= 0.3 is 0 Å². The Morgan fingerprint density at radius 3 is 2.32 bits per heavy atom. The van der Waals surface area contributed by atoms with Crippen LogP contribution in [0.3, 0.4) is 0 Å². The Bertz CT molecular complexity index is 592. The molecule has 1 aromatic carbocycles. The molecule has 0 aliphatic heterocycles. The van der Waals surface area contributed by atoms with Crippen molar-refractivity contribution in [3.05, 3.63) is 35.4 Å². The van der Waals surface area contributed by atoms with Crippen molar-refractivity contribution in [2.24, 2.45) is 0 Å². The maximum atomic E-state index is 12.7. The smallest absolute Gasteiger partial charge is 0.245 e. The third-order valence-corrected chi connectivity index (χ3v) is 5.13. The fourth-order valence-corrected chi connectivity index (χ4v) is 3.85. The molecule has 0 saturated carbocycles. The van der Waals surface area contributed by atoms with Crippen LogP contribution < -0.4 is 5.73 Å². The van der Waals surface area contributed by atoms with E-state index in [1.165, 1.54) is 4.31 Å². The molecule has 1 rings (SSSR count). The minimum Gasteiger partial charge on any atom is -0.397 e. The number of nitrogen functional groups attached to an aromatic ring is 1. The molecule has 0 heterocycles. The van der Waals surface area contributed by atoms with Gasteiger partial charge in [-0.05, 0) is 31.9 Å². The van der Waals surface area contributed by atoms with Gasteiger partial charge in [0.15, 0.2) is 0 Å². The lowest BCUT2D eigenvalue weighted by molar-refractivity contribution is 0.452. The number of sulfonamides is 1. The van der Waals surface area contributed by atoms with E-state index in [1.807, 2.05) is 26.8 Å². The summed E-state index contributed by atoms with van der Waals surface area (Å²) >= 11 is 0. The minimum absolute atomic E-state index is 0.218. The first-order chi connectivity index (χ1) is 8.71. The first-order valence-corrected chi connectivity index (χ1v) is 7.66. The minimum atomic E-state index is -3.58. The second kappa shape index (κ2) is 5.75. The summed E-state index contributed by atoms with van der Waals surface area (Å²) in [5, 5.41) is 0. The lowest BCUT2D eigenvalue weighted by Crippen LogP contribution is -2.33. The summed E-state index contributed by atoms with van der Waals surface area (Å²) in [5.74, 6) is 0. The second-order valence-corrected chi connectivity index (χ2v) is 6.71. The lowest BCUT2D eigenvalue weighted by Gasteiger charge is -2.23. The summed E-state index contributed by atoms with van der Waals surface area (Å²) < 4.78 is 26.8. The molecule has 0 atom stereocenters. The topological polar surface area (TPSA) is 63.4 Å². The number of rotatable bonds is 5. The van der Waals surface area contributed by atoms with Gasteiger partial charge in [-0.1, -0.05) is 31.2 Å². The van der Waals surface area contributed by atoms with E-state index >= 15 is 0 Å². The maximum Gasteiger partial charge on any atom is 0.245 e. The van der Waals surface area contributed by atoms with Gasteiger partial charge in [0.05, 0.1) is 5.69 Å². The summed E-state index contributed by atoms with van der Waals surface area (Å²) in [7, 11) is -3.58. The van der Waals surface area contributed by atoms with Crippen LogP contribution in [0, 0.1) is 13.8 Å². The van der Waals surface area contributed by atoms with Gasteiger partial charge in [0.2, 0.25) is 10.0 Å². The third kappa shape index (κ3) is 3.16. The molecule has 19 heavy (non-hydrogen) atoms. The Kier molecular flexibility index (Phi) is 4.76. The molecule has 0 saturated heterocycles. The Morgan fingerprint density at radius 2 is 1.84 bits per heavy atom. The normalized spacial score (nSPS) is 11.8. The summed E-state index contributed by atoms with van der Waals surface area (Å²) in [6, 6.07) is 3.62. The first kappa shape index (κ1) is 15.7. The highest BCUT2D eigenvalue weighted by atomic mass is 32.2. The zero-order valence-corrected chi connectivity index (χ0v) is 12.8. The highest BCUT2D eigenvalue weighted by molar-refractivity contribution is 7.89. The molecule has 0 aliphatic rings. The van der Waals surface area contributed by atoms with E-state index < -0.39 is 10.0 Å². The molecule has 0 fully saturated rings. The molecular formula is C14H22N2O2S. The Balaban J connectivity index is 3.42. The number of benzene rings is 1. The van der Waals surface area contributed by atoms with Crippen LogP contribution in [0.4, 0.5) is 5.69 Å². The van der Waals surface area contributed by atoms with Crippen molar-refractivity contribution in [3.8, 4) is 0 Å². The monoisotopic (exact) mass is 282 g/mol. The Labute approximate surface area is 116 Å². The van der Waals surface area contributed by atoms with Gasteiger partial charge in [0.1, 0.15) is 4.90 Å². The number of hydrogen-bond donors (Lipinski definition) is 1. The van der Waals surface area contributed by atoms with Crippen LogP contribution in [0.25, 0.3) is 0 Å². The zero-order chi connectivity index (χ0) is 14.8. The number of aryl methyl sites for hydroxylation is 2. The van der Waals surface area contributed by atoms with Crippen molar-refractivity contribution in [1.82, 2.24) is 4.31 Å². The van der Waals surface area contributed by atoms with Gasteiger partial charge < -0.3 is 5.73 Å². The third-order valence-electron chi connectivity index (χ3n) is 3.01. The maximum absolute atomic E-state index is 12.7. The number of likely N-dealkylation sites (N-methyl/N-ethyl adjacent to an activating group) is 1. The fraction of sp³-hybridized carbons (Fsp3) is 0.429. The average Bonchev–Trinajstić information content (AvgIpc) is 2.30. The van der Waals surface area contributed by atoms with Gasteiger partial charge in [0, 0.05) is 13.1 Å². The van der Waals surface area contributed by atoms with Crippen molar-refractivity contribution in [2.45, 2.75) is 32.6 Å². The molecule has 2 N–H and O–H groups in total. The predicted octanol–water partition coefficient (Wildman–Crippen LogP) is 2.47. The zero-order valence-electron chi connectivity index (χ0n) is 12.0. The van der Waals surface area contributed by atoms with Crippen molar-refractivity contribution < 1.29 is 8.42 Å². The highest BCUT2D eigenvalue weighted by Gasteiger charge is 2.27. The van der Waals surface area contributed by atoms with Crippen LogP contribution >= 0.6 is 0 Å². The molecule has 1 aromatic rings. The van der Waals surface area contributed by atoms with Crippen LogP contribution in [0.2, 0.25) is 0 Å². The SMILES string of the molecule is C=C(C)CN(CC)S(=O)(=O)c1c(C)ccc(C)c1N. The van der Waals surface area contributed by atoms with Gasteiger partial charge in [-0.25, -0.2) is 8.42 Å². The summed E-state index contributed by atoms with van der Waals surface area (Å²) in [6.07, 6.45) is 0. The Morgan fingerprint density at radius 1 is 1.32 bits per heavy atom. The molecular weight excluding hydrogens is 260 g/mol. The molecule has 106 valence electrons. The van der Waals surface area contributed by atoms with E-state index in [1.54, 1.807) is 13.0 Å². The molecule has 0 spiro atoms. The van der Waals surface area contributed by atoms with Crippen molar-refractivity contribution in [1.29, 1.82) is 0 Å². The number of nitrogens with two attached hydrogens (primary N) is 1. The largest absolute Gasteiger partial charge is 0.397 e. The summed E-state index contributed by atoms with van der Waals surface area (Å²) in [4.78, 5) is 0.218. The highest BCUT2D eigenvalue weighted by Crippen LogP contribution is 2.28. The van der Waals surface area contributed by atoms with Crippen molar-refractivity contribution >= 4 is 15.7 Å². The molecule has 5 heteroatoms. The second-order valence-electron chi connectivity index (χ2n) is 4.83. The van der Waals surface area contributed by atoms with Gasteiger partial charge in [0.25, 0.3) is 0 Å². The van der Waals surface area contributed by atoms with Gasteiger partial charge in [-0.15, -0.1) is 0 Å². The van der Waals surface area contributed by atoms with E-state index in [2.05, 4.69) is 6.58 Å². The van der Waals surface area contributed by atoms with E-state index in [4.69, 9.17) is 5.73 Å². The number of nitrogens with zero attached hydrogens (tertiary/aromatic N) is 1. The molecule has 0 aromatic heterocycles.